The first kappa shape index (κ1) is 11.4. The largest absolute Gasteiger partial charge is 0.465 e. The summed E-state index contributed by atoms with van der Waals surface area (Å²) in [6.07, 6.45) is 1.77. The van der Waals surface area contributed by atoms with Crippen LogP contribution in [0.1, 0.15) is 33.6 Å². The van der Waals surface area contributed by atoms with E-state index in [2.05, 4.69) is 0 Å². The third kappa shape index (κ3) is 5.13. The molecular weight excluding hydrogens is 154 g/mol. The van der Waals surface area contributed by atoms with E-state index in [9.17, 15) is 4.79 Å². The third-order valence-corrected chi connectivity index (χ3v) is 1.44. The van der Waals surface area contributed by atoms with Crippen LogP contribution < -0.4 is 5.73 Å². The van der Waals surface area contributed by atoms with Crippen LogP contribution in [0.5, 0.6) is 0 Å². The van der Waals surface area contributed by atoms with Gasteiger partial charge in [0, 0.05) is 0 Å². The third-order valence-electron chi connectivity index (χ3n) is 1.44. The molecule has 0 saturated carbocycles. The fraction of sp³-hybridized carbons (Fsp3) is 0.889. The van der Waals surface area contributed by atoms with Gasteiger partial charge in [-0.2, -0.15) is 0 Å². The standard InChI is InChI=1S/C9H19NO2/c1-9(2,3)8(11)12-7-5-4-6-10/h4-7,10H2,1-3H3. The maximum absolute atomic E-state index is 11.2. The summed E-state index contributed by atoms with van der Waals surface area (Å²) in [5.74, 6) is -0.139. The number of hydrogen-bond donors (Lipinski definition) is 1. The fourth-order valence-corrected chi connectivity index (χ4v) is 0.628. The maximum Gasteiger partial charge on any atom is 0.311 e. The van der Waals surface area contributed by atoms with Crippen LogP contribution in [0.25, 0.3) is 0 Å². The van der Waals surface area contributed by atoms with E-state index in [4.69, 9.17) is 10.5 Å². The Morgan fingerprint density at radius 3 is 2.33 bits per heavy atom. The highest BCUT2D eigenvalue weighted by atomic mass is 16.5. The molecule has 0 fully saturated rings. The molecular formula is C9H19NO2. The van der Waals surface area contributed by atoms with Gasteiger partial charge in [0.15, 0.2) is 0 Å². The molecule has 0 aliphatic rings. The molecule has 0 rings (SSSR count). The Labute approximate surface area is 74.3 Å². The molecule has 0 saturated heterocycles. The summed E-state index contributed by atoms with van der Waals surface area (Å²) in [4.78, 5) is 11.2. The van der Waals surface area contributed by atoms with E-state index in [0.29, 0.717) is 13.2 Å². The van der Waals surface area contributed by atoms with Gasteiger partial charge in [-0.05, 0) is 40.2 Å². The first-order valence-electron chi connectivity index (χ1n) is 4.36. The van der Waals surface area contributed by atoms with Crippen molar-refractivity contribution in [2.45, 2.75) is 33.6 Å². The van der Waals surface area contributed by atoms with Crippen molar-refractivity contribution in [2.24, 2.45) is 11.1 Å². The highest BCUT2D eigenvalue weighted by Gasteiger charge is 2.22. The van der Waals surface area contributed by atoms with Crippen LogP contribution in [-0.2, 0) is 9.53 Å². The predicted molar refractivity (Wildman–Crippen MR) is 48.7 cm³/mol. The van der Waals surface area contributed by atoms with Crippen LogP contribution >= 0.6 is 0 Å². The lowest BCUT2D eigenvalue weighted by atomic mass is 9.97. The Hall–Kier alpha value is -0.570. The molecule has 2 N–H and O–H groups in total. The summed E-state index contributed by atoms with van der Waals surface area (Å²) in [5, 5.41) is 0. The molecule has 0 aliphatic carbocycles. The number of carbonyl (C=O) groups excluding carboxylic acids is 1. The van der Waals surface area contributed by atoms with Crippen molar-refractivity contribution in [3.63, 3.8) is 0 Å². The fourth-order valence-electron chi connectivity index (χ4n) is 0.628. The lowest BCUT2D eigenvalue weighted by Gasteiger charge is -2.16. The van der Waals surface area contributed by atoms with Gasteiger partial charge in [-0.25, -0.2) is 0 Å². The minimum absolute atomic E-state index is 0.139. The summed E-state index contributed by atoms with van der Waals surface area (Å²) >= 11 is 0. The zero-order chi connectivity index (χ0) is 9.61. The number of hydrogen-bond acceptors (Lipinski definition) is 3. The van der Waals surface area contributed by atoms with Gasteiger partial charge < -0.3 is 10.5 Å². The van der Waals surface area contributed by atoms with Gasteiger partial charge in [0.25, 0.3) is 0 Å². The van der Waals surface area contributed by atoms with Gasteiger partial charge in [0.05, 0.1) is 12.0 Å². The van der Waals surface area contributed by atoms with Crippen molar-refractivity contribution in [1.82, 2.24) is 0 Å². The number of ether oxygens (including phenoxy) is 1. The second-order valence-corrected chi connectivity index (χ2v) is 3.88. The number of unbranched alkanes of at least 4 members (excludes halogenated alkanes) is 1. The van der Waals surface area contributed by atoms with Crippen molar-refractivity contribution in [3.05, 3.63) is 0 Å². The van der Waals surface area contributed by atoms with Crippen molar-refractivity contribution in [2.75, 3.05) is 13.2 Å². The Balaban J connectivity index is 3.45. The molecule has 0 spiro atoms. The van der Waals surface area contributed by atoms with Crippen LogP contribution in [0, 0.1) is 5.41 Å². The first-order chi connectivity index (χ1) is 5.48. The molecule has 0 aromatic heterocycles. The van der Waals surface area contributed by atoms with E-state index in [1.54, 1.807) is 0 Å². The lowest BCUT2D eigenvalue weighted by Crippen LogP contribution is -2.23. The van der Waals surface area contributed by atoms with Crippen molar-refractivity contribution in [1.29, 1.82) is 0 Å². The highest BCUT2D eigenvalue weighted by Crippen LogP contribution is 2.15. The molecule has 0 aromatic carbocycles. The van der Waals surface area contributed by atoms with Gasteiger partial charge in [-0.1, -0.05) is 0 Å². The van der Waals surface area contributed by atoms with Gasteiger partial charge in [-0.3, -0.25) is 4.79 Å². The van der Waals surface area contributed by atoms with Gasteiger partial charge in [0.1, 0.15) is 0 Å². The lowest BCUT2D eigenvalue weighted by molar-refractivity contribution is -0.153. The quantitative estimate of drug-likeness (QED) is 0.515. The van der Waals surface area contributed by atoms with Crippen LogP contribution in [0.2, 0.25) is 0 Å². The van der Waals surface area contributed by atoms with Crippen LogP contribution in [-0.4, -0.2) is 19.1 Å². The topological polar surface area (TPSA) is 52.3 Å². The molecule has 0 aliphatic heterocycles. The van der Waals surface area contributed by atoms with E-state index < -0.39 is 0 Å². The number of carbonyl (C=O) groups is 1. The molecule has 3 heteroatoms. The molecule has 0 amide bonds. The highest BCUT2D eigenvalue weighted by molar-refractivity contribution is 5.75. The summed E-state index contributed by atoms with van der Waals surface area (Å²) in [5.41, 5.74) is 4.90. The van der Waals surface area contributed by atoms with Gasteiger partial charge in [-0.15, -0.1) is 0 Å². The van der Waals surface area contributed by atoms with Gasteiger partial charge in [0.2, 0.25) is 0 Å². The van der Waals surface area contributed by atoms with E-state index in [0.717, 1.165) is 12.8 Å². The average Bonchev–Trinajstić information content (AvgIpc) is 1.96. The second kappa shape index (κ2) is 5.14. The van der Waals surface area contributed by atoms with E-state index in [-0.39, 0.29) is 11.4 Å². The van der Waals surface area contributed by atoms with E-state index >= 15 is 0 Å². The molecule has 0 radical (unpaired) electrons. The van der Waals surface area contributed by atoms with Gasteiger partial charge >= 0.3 is 5.97 Å². The summed E-state index contributed by atoms with van der Waals surface area (Å²) in [6, 6.07) is 0. The number of rotatable bonds is 4. The smallest absolute Gasteiger partial charge is 0.311 e. The SMILES string of the molecule is CC(C)(C)C(=O)OCCCCN. The molecule has 0 heterocycles. The zero-order valence-corrected chi connectivity index (χ0v) is 8.22. The molecule has 3 nitrogen and oxygen atoms in total. The second-order valence-electron chi connectivity index (χ2n) is 3.88. The molecule has 72 valence electrons. The van der Waals surface area contributed by atoms with Crippen LogP contribution in [0.4, 0.5) is 0 Å². The normalized spacial score (nSPS) is 11.3. The Morgan fingerprint density at radius 1 is 1.33 bits per heavy atom. The van der Waals surface area contributed by atoms with Crippen molar-refractivity contribution >= 4 is 5.97 Å². The first-order valence-corrected chi connectivity index (χ1v) is 4.36. The molecule has 12 heavy (non-hydrogen) atoms. The van der Waals surface area contributed by atoms with Crippen molar-refractivity contribution in [3.8, 4) is 0 Å². The monoisotopic (exact) mass is 173 g/mol. The molecule has 0 aromatic rings. The molecule has 0 bridgehead atoms. The van der Waals surface area contributed by atoms with Crippen molar-refractivity contribution < 1.29 is 9.53 Å². The Bertz CT molecular complexity index is 138. The Morgan fingerprint density at radius 2 is 1.92 bits per heavy atom. The van der Waals surface area contributed by atoms with E-state index in [1.807, 2.05) is 20.8 Å². The summed E-state index contributed by atoms with van der Waals surface area (Å²) in [7, 11) is 0. The predicted octanol–water partition coefficient (Wildman–Crippen LogP) is 1.31. The summed E-state index contributed by atoms with van der Waals surface area (Å²) in [6.45, 7) is 6.69. The number of nitrogens with two attached hydrogens (primary N) is 1. The minimum atomic E-state index is -0.386. The van der Waals surface area contributed by atoms with Crippen LogP contribution in [0.3, 0.4) is 0 Å². The molecule has 0 atom stereocenters. The number of esters is 1. The zero-order valence-electron chi connectivity index (χ0n) is 8.22. The van der Waals surface area contributed by atoms with E-state index in [1.165, 1.54) is 0 Å². The maximum atomic E-state index is 11.2. The Kier molecular flexibility index (Phi) is 4.90. The minimum Gasteiger partial charge on any atom is -0.465 e. The molecule has 0 unspecified atom stereocenters. The van der Waals surface area contributed by atoms with Crippen LogP contribution in [0.15, 0.2) is 0 Å². The summed E-state index contributed by atoms with van der Waals surface area (Å²) < 4.78 is 5.01. The average molecular weight is 173 g/mol.